The van der Waals surface area contributed by atoms with Gasteiger partial charge in [-0.1, -0.05) is 50.9 Å². The van der Waals surface area contributed by atoms with Crippen molar-refractivity contribution < 1.29 is 9.90 Å². The van der Waals surface area contributed by atoms with E-state index in [1.165, 1.54) is 43.2 Å². The van der Waals surface area contributed by atoms with Crippen molar-refractivity contribution >= 4 is 22.4 Å². The monoisotopic (exact) mass is 270 g/mol. The standard InChI is InChI=1S/C13H22N2O2S/c1-10(2)7-5-3-4-6-8-14-13-15-9-11(18-13)12(16)17/h9-10H,3-8H2,1-2H3,(H,14,15)(H,16,17). The minimum atomic E-state index is -0.908. The molecular formula is C13H22N2O2S. The van der Waals surface area contributed by atoms with Gasteiger partial charge in [0.15, 0.2) is 5.13 Å². The summed E-state index contributed by atoms with van der Waals surface area (Å²) in [6, 6.07) is 0. The van der Waals surface area contributed by atoms with E-state index in [9.17, 15) is 4.79 Å². The number of hydrogen-bond acceptors (Lipinski definition) is 4. The van der Waals surface area contributed by atoms with Gasteiger partial charge in [-0.2, -0.15) is 0 Å². The highest BCUT2D eigenvalue weighted by atomic mass is 32.1. The molecule has 0 fully saturated rings. The number of carboxylic acids is 1. The van der Waals surface area contributed by atoms with Crippen LogP contribution in [0.15, 0.2) is 6.20 Å². The number of unbranched alkanes of at least 4 members (excludes halogenated alkanes) is 3. The lowest BCUT2D eigenvalue weighted by Gasteiger charge is -2.04. The molecule has 0 aliphatic carbocycles. The molecule has 0 unspecified atom stereocenters. The topological polar surface area (TPSA) is 62.2 Å². The Balaban J connectivity index is 2.05. The Labute approximate surface area is 112 Å². The minimum absolute atomic E-state index is 0.287. The Morgan fingerprint density at radius 3 is 2.72 bits per heavy atom. The van der Waals surface area contributed by atoms with E-state index in [2.05, 4.69) is 24.1 Å². The van der Waals surface area contributed by atoms with E-state index in [4.69, 9.17) is 5.11 Å². The zero-order valence-electron chi connectivity index (χ0n) is 11.1. The molecule has 1 heterocycles. The van der Waals surface area contributed by atoms with Crippen LogP contribution in [0.3, 0.4) is 0 Å². The summed E-state index contributed by atoms with van der Waals surface area (Å²) < 4.78 is 0. The summed E-state index contributed by atoms with van der Waals surface area (Å²) in [6.07, 6.45) is 7.62. The van der Waals surface area contributed by atoms with Crippen LogP contribution in [0.2, 0.25) is 0 Å². The summed E-state index contributed by atoms with van der Waals surface area (Å²) in [7, 11) is 0. The molecule has 0 spiro atoms. The van der Waals surface area contributed by atoms with Gasteiger partial charge < -0.3 is 10.4 Å². The highest BCUT2D eigenvalue weighted by Crippen LogP contribution is 2.18. The van der Waals surface area contributed by atoms with Crippen LogP contribution in [0.5, 0.6) is 0 Å². The van der Waals surface area contributed by atoms with Gasteiger partial charge in [-0.3, -0.25) is 0 Å². The zero-order valence-corrected chi connectivity index (χ0v) is 11.9. The molecule has 1 aromatic heterocycles. The second-order valence-corrected chi connectivity index (χ2v) is 5.89. The lowest BCUT2D eigenvalue weighted by atomic mass is 10.0. The third-order valence-electron chi connectivity index (χ3n) is 2.70. The maximum absolute atomic E-state index is 10.7. The molecule has 0 aliphatic heterocycles. The average molecular weight is 270 g/mol. The molecule has 102 valence electrons. The normalized spacial score (nSPS) is 10.8. The number of anilines is 1. The number of thiazole rings is 1. The molecule has 5 heteroatoms. The molecule has 2 N–H and O–H groups in total. The van der Waals surface area contributed by atoms with Gasteiger partial charge in [0.1, 0.15) is 4.88 Å². The summed E-state index contributed by atoms with van der Waals surface area (Å²) in [5, 5.41) is 12.6. The number of carbonyl (C=O) groups is 1. The number of nitrogens with zero attached hydrogens (tertiary/aromatic N) is 1. The fraction of sp³-hybridized carbons (Fsp3) is 0.692. The third kappa shape index (κ3) is 6.00. The molecule has 0 saturated carbocycles. The first-order chi connectivity index (χ1) is 8.59. The Kier molecular flexibility index (Phi) is 6.72. The van der Waals surface area contributed by atoms with Crippen LogP contribution >= 0.6 is 11.3 Å². The van der Waals surface area contributed by atoms with Crippen molar-refractivity contribution in [3.63, 3.8) is 0 Å². The molecule has 4 nitrogen and oxygen atoms in total. The third-order valence-corrected chi connectivity index (χ3v) is 3.64. The SMILES string of the molecule is CC(C)CCCCCCNc1ncc(C(=O)O)s1. The zero-order chi connectivity index (χ0) is 13.4. The van der Waals surface area contributed by atoms with E-state index in [0.29, 0.717) is 5.13 Å². The smallest absolute Gasteiger partial charge is 0.347 e. The molecule has 0 amide bonds. The van der Waals surface area contributed by atoms with Crippen LogP contribution in [0.1, 0.15) is 55.6 Å². The van der Waals surface area contributed by atoms with Gasteiger partial charge in [-0.15, -0.1) is 0 Å². The molecule has 18 heavy (non-hydrogen) atoms. The Morgan fingerprint density at radius 1 is 1.39 bits per heavy atom. The van der Waals surface area contributed by atoms with E-state index in [0.717, 1.165) is 18.9 Å². The molecule has 0 bridgehead atoms. The van der Waals surface area contributed by atoms with Crippen LogP contribution < -0.4 is 5.32 Å². The van der Waals surface area contributed by atoms with E-state index in [1.54, 1.807) is 0 Å². The Hall–Kier alpha value is -1.10. The van der Waals surface area contributed by atoms with Crippen molar-refractivity contribution in [3.8, 4) is 0 Å². The first-order valence-electron chi connectivity index (χ1n) is 6.52. The predicted molar refractivity (Wildman–Crippen MR) is 75.5 cm³/mol. The van der Waals surface area contributed by atoms with Crippen molar-refractivity contribution in [1.29, 1.82) is 0 Å². The molecule has 0 saturated heterocycles. The van der Waals surface area contributed by atoms with Gasteiger partial charge in [0, 0.05) is 6.54 Å². The Bertz CT molecular complexity index is 364. The van der Waals surface area contributed by atoms with Gasteiger partial charge >= 0.3 is 5.97 Å². The summed E-state index contributed by atoms with van der Waals surface area (Å²) in [5.41, 5.74) is 0. The fourth-order valence-corrected chi connectivity index (χ4v) is 2.36. The fourth-order valence-electron chi connectivity index (χ4n) is 1.68. The van der Waals surface area contributed by atoms with Crippen molar-refractivity contribution in [2.75, 3.05) is 11.9 Å². The van der Waals surface area contributed by atoms with Gasteiger partial charge in [-0.05, 0) is 12.3 Å². The molecule has 0 radical (unpaired) electrons. The quantitative estimate of drug-likeness (QED) is 0.669. The summed E-state index contributed by atoms with van der Waals surface area (Å²) >= 11 is 1.19. The van der Waals surface area contributed by atoms with Crippen molar-refractivity contribution in [1.82, 2.24) is 4.98 Å². The maximum Gasteiger partial charge on any atom is 0.347 e. The molecule has 1 rings (SSSR count). The molecule has 0 aromatic carbocycles. The van der Waals surface area contributed by atoms with E-state index in [-0.39, 0.29) is 4.88 Å². The van der Waals surface area contributed by atoms with Crippen molar-refractivity contribution in [2.24, 2.45) is 5.92 Å². The molecule has 0 aliphatic rings. The highest BCUT2D eigenvalue weighted by molar-refractivity contribution is 7.17. The summed E-state index contributed by atoms with van der Waals surface area (Å²) in [5.74, 6) is -0.109. The number of aromatic carboxylic acids is 1. The second-order valence-electron chi connectivity index (χ2n) is 4.86. The lowest BCUT2D eigenvalue weighted by molar-refractivity contribution is 0.0702. The maximum atomic E-state index is 10.7. The average Bonchev–Trinajstić information content (AvgIpc) is 2.76. The number of rotatable bonds is 9. The van der Waals surface area contributed by atoms with Gasteiger partial charge in [0.05, 0.1) is 6.20 Å². The first kappa shape index (κ1) is 15.0. The van der Waals surface area contributed by atoms with Gasteiger partial charge in [0.25, 0.3) is 0 Å². The molecular weight excluding hydrogens is 248 g/mol. The van der Waals surface area contributed by atoms with Crippen LogP contribution in [0.25, 0.3) is 0 Å². The van der Waals surface area contributed by atoms with Crippen LogP contribution in [0.4, 0.5) is 5.13 Å². The number of aromatic nitrogens is 1. The largest absolute Gasteiger partial charge is 0.477 e. The van der Waals surface area contributed by atoms with Crippen molar-refractivity contribution in [2.45, 2.75) is 46.0 Å². The number of carboxylic acid groups (broad SMARTS) is 1. The van der Waals surface area contributed by atoms with E-state index < -0.39 is 5.97 Å². The van der Waals surface area contributed by atoms with Gasteiger partial charge in [-0.25, -0.2) is 9.78 Å². The lowest BCUT2D eigenvalue weighted by Crippen LogP contribution is -2.00. The van der Waals surface area contributed by atoms with Gasteiger partial charge in [0.2, 0.25) is 0 Å². The van der Waals surface area contributed by atoms with Crippen LogP contribution in [-0.2, 0) is 0 Å². The summed E-state index contributed by atoms with van der Waals surface area (Å²) in [4.78, 5) is 15.0. The highest BCUT2D eigenvalue weighted by Gasteiger charge is 2.07. The first-order valence-corrected chi connectivity index (χ1v) is 7.34. The molecule has 1 aromatic rings. The second kappa shape index (κ2) is 8.08. The molecule has 0 atom stereocenters. The van der Waals surface area contributed by atoms with Crippen LogP contribution in [0, 0.1) is 5.92 Å². The van der Waals surface area contributed by atoms with E-state index in [1.807, 2.05) is 0 Å². The minimum Gasteiger partial charge on any atom is -0.477 e. The van der Waals surface area contributed by atoms with Crippen LogP contribution in [-0.4, -0.2) is 22.6 Å². The van der Waals surface area contributed by atoms with Crippen molar-refractivity contribution in [3.05, 3.63) is 11.1 Å². The van der Waals surface area contributed by atoms with E-state index >= 15 is 0 Å². The summed E-state index contributed by atoms with van der Waals surface area (Å²) in [6.45, 7) is 5.38. The predicted octanol–water partition coefficient (Wildman–Crippen LogP) is 3.86. The Morgan fingerprint density at radius 2 is 2.11 bits per heavy atom. The number of hydrogen-bond donors (Lipinski definition) is 2. The number of nitrogens with one attached hydrogen (secondary N) is 1.